The third kappa shape index (κ3) is 1.61. The number of hydrogen-bond donors (Lipinski definition) is 2. The van der Waals surface area contributed by atoms with Crippen LogP contribution in [0.25, 0.3) is 11.0 Å². The van der Waals surface area contributed by atoms with Crippen molar-refractivity contribution in [3.63, 3.8) is 0 Å². The number of imidazole rings is 1. The zero-order chi connectivity index (χ0) is 12.8. The predicted octanol–water partition coefficient (Wildman–Crippen LogP) is 1.29. The number of H-pyrrole nitrogens is 1. The fourth-order valence-electron chi connectivity index (χ4n) is 1.73. The van der Waals surface area contributed by atoms with Gasteiger partial charge in [0.1, 0.15) is 11.4 Å². The summed E-state index contributed by atoms with van der Waals surface area (Å²) in [6, 6.07) is 3.74. The number of nitrogens with zero attached hydrogens (tertiary/aromatic N) is 1. The lowest BCUT2D eigenvalue weighted by Gasteiger charge is -2.20. The quantitative estimate of drug-likeness (QED) is 0.827. The molecule has 6 heteroatoms. The van der Waals surface area contributed by atoms with Crippen molar-refractivity contribution in [1.29, 1.82) is 0 Å². The van der Waals surface area contributed by atoms with E-state index in [1.54, 1.807) is 0 Å². The number of carboxylic acids is 1. The number of nitrogens with one attached hydrogen (secondary N) is 1. The highest BCUT2D eigenvalue weighted by atomic mass is 19.1. The van der Waals surface area contributed by atoms with E-state index in [1.165, 1.54) is 26.0 Å². The molecule has 1 heterocycles. The van der Waals surface area contributed by atoms with Crippen LogP contribution in [0.3, 0.4) is 0 Å². The van der Waals surface area contributed by atoms with Crippen LogP contribution in [-0.2, 0) is 10.3 Å². The van der Waals surface area contributed by atoms with Gasteiger partial charge < -0.3 is 10.1 Å². The molecule has 0 bridgehead atoms. The summed E-state index contributed by atoms with van der Waals surface area (Å²) < 4.78 is 14.2. The number of aromatic nitrogens is 2. The van der Waals surface area contributed by atoms with Crippen LogP contribution in [0.5, 0.6) is 0 Å². The first-order valence-electron chi connectivity index (χ1n) is 4.98. The van der Waals surface area contributed by atoms with Crippen molar-refractivity contribution in [3.05, 3.63) is 34.5 Å². The number of fused-ring (bicyclic) bond motifs is 1. The second-order valence-corrected chi connectivity index (χ2v) is 4.29. The molecule has 1 aromatic carbocycles. The minimum atomic E-state index is -1.44. The molecule has 5 nitrogen and oxygen atoms in total. The van der Waals surface area contributed by atoms with Crippen molar-refractivity contribution < 1.29 is 14.3 Å². The SMILES string of the molecule is CC(C)(C(=O)O)n1c(=O)[nH]c2ccc(F)cc21. The van der Waals surface area contributed by atoms with Crippen molar-refractivity contribution in [3.8, 4) is 0 Å². The van der Waals surface area contributed by atoms with Gasteiger partial charge in [0.05, 0.1) is 11.0 Å². The summed E-state index contributed by atoms with van der Waals surface area (Å²) in [7, 11) is 0. The first-order valence-corrected chi connectivity index (χ1v) is 4.98. The van der Waals surface area contributed by atoms with Crippen molar-refractivity contribution in [1.82, 2.24) is 9.55 Å². The summed E-state index contributed by atoms with van der Waals surface area (Å²) in [5.41, 5.74) is -1.37. The second-order valence-electron chi connectivity index (χ2n) is 4.29. The Morgan fingerprint density at radius 3 is 2.71 bits per heavy atom. The normalized spacial score (nSPS) is 11.9. The van der Waals surface area contributed by atoms with Gasteiger partial charge in [-0.3, -0.25) is 4.57 Å². The molecule has 1 aromatic heterocycles. The first kappa shape index (κ1) is 11.4. The molecule has 0 aliphatic heterocycles. The van der Waals surface area contributed by atoms with Gasteiger partial charge in [-0.25, -0.2) is 14.0 Å². The number of aromatic amines is 1. The van der Waals surface area contributed by atoms with Gasteiger partial charge in [0.2, 0.25) is 0 Å². The third-order valence-electron chi connectivity index (χ3n) is 2.73. The number of hydrogen-bond acceptors (Lipinski definition) is 2. The summed E-state index contributed by atoms with van der Waals surface area (Å²) in [6.45, 7) is 2.77. The highest BCUT2D eigenvalue weighted by molar-refractivity contribution is 5.81. The van der Waals surface area contributed by atoms with Crippen LogP contribution in [0.4, 0.5) is 4.39 Å². The van der Waals surface area contributed by atoms with Crippen LogP contribution in [0, 0.1) is 5.82 Å². The lowest BCUT2D eigenvalue weighted by Crippen LogP contribution is -2.41. The molecule has 0 radical (unpaired) electrons. The number of benzene rings is 1. The molecule has 0 aliphatic carbocycles. The van der Waals surface area contributed by atoms with E-state index < -0.39 is 23.0 Å². The van der Waals surface area contributed by atoms with Gasteiger partial charge in [-0.1, -0.05) is 0 Å². The molecule has 0 saturated carbocycles. The van der Waals surface area contributed by atoms with Gasteiger partial charge >= 0.3 is 11.7 Å². The number of rotatable bonds is 2. The number of carboxylic acid groups (broad SMARTS) is 1. The molecule has 0 amide bonds. The maximum Gasteiger partial charge on any atom is 0.329 e. The molecular weight excluding hydrogens is 227 g/mol. The van der Waals surface area contributed by atoms with E-state index in [0.717, 1.165) is 10.6 Å². The average molecular weight is 238 g/mol. The smallest absolute Gasteiger partial charge is 0.329 e. The molecule has 17 heavy (non-hydrogen) atoms. The highest BCUT2D eigenvalue weighted by Crippen LogP contribution is 2.20. The van der Waals surface area contributed by atoms with E-state index >= 15 is 0 Å². The van der Waals surface area contributed by atoms with Crippen molar-refractivity contribution in [2.24, 2.45) is 0 Å². The molecule has 0 saturated heterocycles. The Labute approximate surface area is 95.5 Å². The Bertz CT molecular complexity index is 654. The van der Waals surface area contributed by atoms with Crippen LogP contribution in [0.15, 0.2) is 23.0 Å². The van der Waals surface area contributed by atoms with Crippen molar-refractivity contribution in [2.45, 2.75) is 19.4 Å². The molecule has 0 atom stereocenters. The number of halogens is 1. The molecule has 0 spiro atoms. The fourth-order valence-corrected chi connectivity index (χ4v) is 1.73. The fraction of sp³-hybridized carbons (Fsp3) is 0.273. The van der Waals surface area contributed by atoms with Crippen molar-refractivity contribution in [2.75, 3.05) is 0 Å². The van der Waals surface area contributed by atoms with Gasteiger partial charge in [-0.2, -0.15) is 0 Å². The molecule has 2 aromatic rings. The first-order chi connectivity index (χ1) is 7.84. The highest BCUT2D eigenvalue weighted by Gasteiger charge is 2.32. The van der Waals surface area contributed by atoms with Crippen LogP contribution < -0.4 is 5.69 Å². The third-order valence-corrected chi connectivity index (χ3v) is 2.73. The number of carbonyl (C=O) groups is 1. The zero-order valence-corrected chi connectivity index (χ0v) is 9.32. The van der Waals surface area contributed by atoms with Gasteiger partial charge in [0.15, 0.2) is 0 Å². The molecule has 90 valence electrons. The van der Waals surface area contributed by atoms with Gasteiger partial charge in [-0.05, 0) is 32.0 Å². The van der Waals surface area contributed by atoms with E-state index in [2.05, 4.69) is 4.98 Å². The molecule has 2 rings (SSSR count). The lowest BCUT2D eigenvalue weighted by atomic mass is 10.1. The van der Waals surface area contributed by atoms with Crippen LogP contribution in [0.1, 0.15) is 13.8 Å². The van der Waals surface area contributed by atoms with Gasteiger partial charge in [0, 0.05) is 0 Å². The maximum atomic E-state index is 13.1. The minimum Gasteiger partial charge on any atom is -0.480 e. The topological polar surface area (TPSA) is 75.1 Å². The Morgan fingerprint density at radius 2 is 2.12 bits per heavy atom. The summed E-state index contributed by atoms with van der Waals surface area (Å²) in [6.07, 6.45) is 0. The average Bonchev–Trinajstić information content (AvgIpc) is 2.53. The number of aliphatic carboxylic acids is 1. The maximum absolute atomic E-state index is 13.1. The zero-order valence-electron chi connectivity index (χ0n) is 9.32. The molecule has 0 unspecified atom stereocenters. The Kier molecular flexibility index (Phi) is 2.30. The van der Waals surface area contributed by atoms with E-state index in [0.29, 0.717) is 5.52 Å². The van der Waals surface area contributed by atoms with Crippen molar-refractivity contribution >= 4 is 17.0 Å². The Balaban J connectivity index is 2.86. The van der Waals surface area contributed by atoms with E-state index in [9.17, 15) is 14.0 Å². The second kappa shape index (κ2) is 3.44. The van der Waals surface area contributed by atoms with E-state index in [1.807, 2.05) is 0 Å². The monoisotopic (exact) mass is 238 g/mol. The summed E-state index contributed by atoms with van der Waals surface area (Å²) in [5, 5.41) is 9.10. The Morgan fingerprint density at radius 1 is 1.47 bits per heavy atom. The van der Waals surface area contributed by atoms with E-state index in [-0.39, 0.29) is 5.52 Å². The molecule has 2 N–H and O–H groups in total. The molecule has 0 aliphatic rings. The standard InChI is InChI=1S/C11H11FN2O3/c1-11(2,9(15)16)14-8-5-6(12)3-4-7(8)13-10(14)17/h3-5H,1-2H3,(H,13,17)(H,15,16). The van der Waals surface area contributed by atoms with Crippen LogP contribution in [0.2, 0.25) is 0 Å². The minimum absolute atomic E-state index is 0.238. The summed E-state index contributed by atoms with van der Waals surface area (Å²) >= 11 is 0. The molecular formula is C11H11FN2O3. The Hall–Kier alpha value is -2.11. The summed E-state index contributed by atoms with van der Waals surface area (Å²) in [4.78, 5) is 25.3. The van der Waals surface area contributed by atoms with Crippen LogP contribution >= 0.6 is 0 Å². The van der Waals surface area contributed by atoms with Gasteiger partial charge in [-0.15, -0.1) is 0 Å². The van der Waals surface area contributed by atoms with Gasteiger partial charge in [0.25, 0.3) is 0 Å². The largest absolute Gasteiger partial charge is 0.480 e. The lowest BCUT2D eigenvalue weighted by molar-refractivity contribution is -0.145. The van der Waals surface area contributed by atoms with Crippen LogP contribution in [-0.4, -0.2) is 20.6 Å². The molecule has 0 fully saturated rings. The predicted molar refractivity (Wildman–Crippen MR) is 59.5 cm³/mol. The van der Waals surface area contributed by atoms with E-state index in [4.69, 9.17) is 5.11 Å². The summed E-state index contributed by atoms with van der Waals surface area (Å²) in [5.74, 6) is -1.68.